The van der Waals surface area contributed by atoms with E-state index >= 15 is 0 Å². The van der Waals surface area contributed by atoms with Gasteiger partial charge in [0.1, 0.15) is 12.1 Å². The number of nitrogens with zero attached hydrogens (tertiary/aromatic N) is 2. The molecule has 1 saturated heterocycles. The molecule has 52 heavy (non-hydrogen) atoms. The van der Waals surface area contributed by atoms with Crippen molar-refractivity contribution in [1.82, 2.24) is 25.8 Å². The van der Waals surface area contributed by atoms with Crippen LogP contribution in [0, 0.1) is 23.6 Å². The van der Waals surface area contributed by atoms with Gasteiger partial charge in [0.15, 0.2) is 0 Å². The molecule has 13 nitrogen and oxygen atoms in total. The number of aliphatic carboxylic acids is 1. The van der Waals surface area contributed by atoms with Crippen molar-refractivity contribution in [3.05, 3.63) is 35.9 Å². The van der Waals surface area contributed by atoms with E-state index in [1.165, 1.54) is 33.2 Å². The highest BCUT2D eigenvalue weighted by Crippen LogP contribution is 2.29. The normalized spacial score (nSPS) is 22.8. The van der Waals surface area contributed by atoms with Gasteiger partial charge in [0, 0.05) is 43.8 Å². The van der Waals surface area contributed by atoms with Gasteiger partial charge in [-0.15, -0.1) is 0 Å². The van der Waals surface area contributed by atoms with Gasteiger partial charge in [-0.05, 0) is 43.2 Å². The van der Waals surface area contributed by atoms with E-state index in [0.717, 1.165) is 4.90 Å². The summed E-state index contributed by atoms with van der Waals surface area (Å²) in [4.78, 5) is 70.7. The number of carboxylic acids is 1. The van der Waals surface area contributed by atoms with Crippen molar-refractivity contribution < 1.29 is 49.5 Å². The van der Waals surface area contributed by atoms with Crippen molar-refractivity contribution in [2.75, 3.05) is 34.9 Å². The summed E-state index contributed by atoms with van der Waals surface area (Å²) in [6.07, 6.45) is -0.971. The van der Waals surface area contributed by atoms with Crippen molar-refractivity contribution in [3.8, 4) is 0 Å². The van der Waals surface area contributed by atoms with Crippen LogP contribution in [0.1, 0.15) is 90.5 Å². The van der Waals surface area contributed by atoms with Crippen LogP contribution >= 0.6 is 0 Å². The van der Waals surface area contributed by atoms with Gasteiger partial charge in [-0.3, -0.25) is 19.2 Å². The zero-order valence-corrected chi connectivity index (χ0v) is 32.0. The number of hydrogen-bond acceptors (Lipinski definition) is 8. The highest BCUT2D eigenvalue weighted by molar-refractivity contribution is 5.90. The fourth-order valence-corrected chi connectivity index (χ4v) is 7.02. The quantitative estimate of drug-likeness (QED) is 0.148. The van der Waals surface area contributed by atoms with Gasteiger partial charge in [0.25, 0.3) is 0 Å². The van der Waals surface area contributed by atoms with Crippen LogP contribution in [0.15, 0.2) is 30.3 Å². The molecule has 1 aromatic rings. The number of rotatable bonds is 21. The summed E-state index contributed by atoms with van der Waals surface area (Å²) < 4.78 is 79.0. The van der Waals surface area contributed by atoms with Crippen LogP contribution in [0.3, 0.4) is 0 Å². The highest BCUT2D eigenvalue weighted by Gasteiger charge is 2.43. The number of carboxylic acid groups (broad SMARTS) is 1. The molecule has 13 heteroatoms. The second kappa shape index (κ2) is 21.2. The fourth-order valence-electron chi connectivity index (χ4n) is 7.02. The third kappa shape index (κ3) is 11.7. The number of hydrogen-bond donors (Lipinski definition) is 4. The third-order valence-corrected chi connectivity index (χ3v) is 10.1. The fraction of sp³-hybridized carbons (Fsp3) is 0.718. The maximum Gasteiger partial charge on any atom is 0.326 e. The van der Waals surface area contributed by atoms with Gasteiger partial charge >= 0.3 is 5.97 Å². The largest absolute Gasteiger partial charge is 0.480 e. The Kier molecular flexibility index (Phi) is 13.5. The van der Waals surface area contributed by atoms with Crippen LogP contribution < -0.4 is 16.0 Å². The van der Waals surface area contributed by atoms with Gasteiger partial charge in [-0.2, -0.15) is 0 Å². The molecule has 9 atom stereocenters. The Balaban J connectivity index is 2.52. The van der Waals surface area contributed by atoms with E-state index in [1.54, 1.807) is 65.0 Å². The summed E-state index contributed by atoms with van der Waals surface area (Å²) in [6.45, 7) is 1.02. The standard InChI is InChI=1S/C39H65N5O8/c1-12-25(6)34(43(9)38(48)33(24(4)5)42-37(47)32(40-8)23(2)3)30(51-10)22-31(45)44-20-16-19-29(44)35(52-11)26(7)36(46)41-28(39(49)50)21-27-17-14-13-15-18-27/h13-15,17-18,23-26,28-30,32-35,40H,12,16,19-22H2,1-11H3,(H,41,46)(H,42,47)(H,49,50)/t25-,26+,28-,29-,30+,32-,33-,34-,35+/m0/s1/i4D3,5D3,24D,33D. The number of carbonyl (C=O) groups excluding carboxylic acids is 4. The summed E-state index contributed by atoms with van der Waals surface area (Å²) in [5.41, 5.74) is 0.713. The van der Waals surface area contributed by atoms with Gasteiger partial charge in [0.2, 0.25) is 23.6 Å². The minimum Gasteiger partial charge on any atom is -0.480 e. The van der Waals surface area contributed by atoms with Crippen LogP contribution in [0.2, 0.25) is 0 Å². The molecule has 0 aromatic heterocycles. The zero-order chi connectivity index (χ0) is 46.1. The highest BCUT2D eigenvalue weighted by atomic mass is 16.5. The molecule has 0 aliphatic carbocycles. The van der Waals surface area contributed by atoms with E-state index in [4.69, 9.17) is 19.1 Å². The Bertz CT molecular complexity index is 1610. The van der Waals surface area contributed by atoms with Gasteiger partial charge in [-0.1, -0.05) is 85.1 Å². The molecular weight excluding hydrogens is 666 g/mol. The average Bonchev–Trinajstić information content (AvgIpc) is 3.65. The summed E-state index contributed by atoms with van der Waals surface area (Å²) >= 11 is 0. The first kappa shape index (κ1) is 33.1. The molecule has 1 fully saturated rings. The average molecular weight is 740 g/mol. The maximum absolute atomic E-state index is 14.7. The zero-order valence-electron chi connectivity index (χ0n) is 40.0. The minimum atomic E-state index is -3.88. The third-order valence-electron chi connectivity index (χ3n) is 10.1. The van der Waals surface area contributed by atoms with Gasteiger partial charge in [0.05, 0.1) is 44.0 Å². The molecule has 294 valence electrons. The molecule has 0 saturated carbocycles. The monoisotopic (exact) mass is 740 g/mol. The predicted octanol–water partition coefficient (Wildman–Crippen LogP) is 3.10. The lowest BCUT2D eigenvalue weighted by Gasteiger charge is -2.41. The number of ether oxygens (including phenoxy) is 2. The lowest BCUT2D eigenvalue weighted by molar-refractivity contribution is -0.148. The predicted molar refractivity (Wildman–Crippen MR) is 200 cm³/mol. The van der Waals surface area contributed by atoms with Crippen molar-refractivity contribution in [2.45, 2.75) is 123 Å². The number of methoxy groups -OCH3 is 2. The van der Waals surface area contributed by atoms with Crippen LogP contribution in [-0.4, -0.2) is 122 Å². The Hall–Kier alpha value is -3.55. The summed E-state index contributed by atoms with van der Waals surface area (Å²) in [7, 11) is 5.29. The lowest BCUT2D eigenvalue weighted by atomic mass is 9.89. The van der Waals surface area contributed by atoms with Gasteiger partial charge in [-0.25, -0.2) is 4.79 Å². The minimum absolute atomic E-state index is 0.0460. The number of likely N-dealkylation sites (tertiary alicyclic amines) is 1. The molecule has 0 unspecified atom stereocenters. The first-order valence-corrected chi connectivity index (χ1v) is 17.9. The number of amides is 4. The van der Waals surface area contributed by atoms with Crippen molar-refractivity contribution in [3.63, 3.8) is 0 Å². The van der Waals surface area contributed by atoms with Crippen LogP contribution in [-0.2, 0) is 39.9 Å². The van der Waals surface area contributed by atoms with E-state index in [9.17, 15) is 30.4 Å². The lowest BCUT2D eigenvalue weighted by Crippen LogP contribution is -2.59. The van der Waals surface area contributed by atoms with Crippen molar-refractivity contribution in [2.24, 2.45) is 23.6 Å². The molecule has 4 amide bonds. The Labute approximate surface area is 322 Å². The smallest absolute Gasteiger partial charge is 0.326 e. The van der Waals surface area contributed by atoms with Gasteiger partial charge < -0.3 is 40.3 Å². The van der Waals surface area contributed by atoms with Crippen molar-refractivity contribution >= 4 is 29.6 Å². The molecule has 2 rings (SSSR count). The van der Waals surface area contributed by atoms with Crippen LogP contribution in [0.4, 0.5) is 0 Å². The first-order valence-electron chi connectivity index (χ1n) is 21.9. The molecule has 0 spiro atoms. The first-order chi connectivity index (χ1) is 27.7. The Morgan fingerprint density at radius 2 is 1.69 bits per heavy atom. The van der Waals surface area contributed by atoms with E-state index in [1.807, 2.05) is 0 Å². The number of carbonyl (C=O) groups is 5. The second-order valence-electron chi connectivity index (χ2n) is 13.9. The van der Waals surface area contributed by atoms with Crippen LogP contribution in [0.5, 0.6) is 0 Å². The summed E-state index contributed by atoms with van der Waals surface area (Å²) in [5.74, 6) is -10.6. The number of benzene rings is 1. The van der Waals surface area contributed by atoms with Crippen LogP contribution in [0.25, 0.3) is 0 Å². The van der Waals surface area contributed by atoms with E-state index in [0.29, 0.717) is 24.8 Å². The molecule has 4 N–H and O–H groups in total. The molecule has 1 aliphatic rings. The van der Waals surface area contributed by atoms with E-state index < -0.39 is 109 Å². The van der Waals surface area contributed by atoms with Crippen molar-refractivity contribution in [1.29, 1.82) is 0 Å². The SMILES string of the molecule is [2H]C([2H])([2H])C([2H])(C([2H])([2H])[2H])[C@]([2H])(NC(=O)[C@@H](NC)C(C)C)C(=O)N(C)[C@@H]([C@@H](C)CC)[C@@H](CC(=O)N1CCC[C@H]1[C@H](OC)[C@@H](C)C(=O)N[C@@H](Cc1ccccc1)C(=O)O)OC. The van der Waals surface area contributed by atoms with E-state index in [-0.39, 0.29) is 19.4 Å². The Morgan fingerprint density at radius 1 is 1.04 bits per heavy atom. The summed E-state index contributed by atoms with van der Waals surface area (Å²) in [5, 5.41) is 17.3. The maximum atomic E-state index is 14.7. The molecule has 0 bridgehead atoms. The molecule has 0 radical (unpaired) electrons. The molecule has 1 heterocycles. The topological polar surface area (TPSA) is 167 Å². The Morgan fingerprint density at radius 3 is 2.21 bits per heavy atom. The molecular formula is C39H65N5O8. The number of likely N-dealkylation sites (N-methyl/N-ethyl adjacent to an activating group) is 2. The molecule has 1 aromatic carbocycles. The second-order valence-corrected chi connectivity index (χ2v) is 13.9. The molecule has 1 aliphatic heterocycles. The van der Waals surface area contributed by atoms with E-state index in [2.05, 4.69) is 16.0 Å². The number of nitrogens with one attached hydrogen (secondary N) is 3. The summed E-state index contributed by atoms with van der Waals surface area (Å²) in [6, 6.07) is 1.13.